The first-order valence-electron chi connectivity index (χ1n) is 6.66. The van der Waals surface area contributed by atoms with Crippen LogP contribution in [0.15, 0.2) is 18.2 Å². The fourth-order valence-electron chi connectivity index (χ4n) is 1.82. The average Bonchev–Trinajstić information content (AvgIpc) is 3.12. The Bertz CT molecular complexity index is 402. The standard InChI is InChI=1S/C14H21N3O/c1-11-4-2-5-13(16-11)10-15-9-3-6-14(18)17-12-7-8-12/h2,4-5,12,15H,3,6-10H2,1H3,(H,17,18). The van der Waals surface area contributed by atoms with E-state index in [1.807, 2.05) is 25.1 Å². The second-order valence-corrected chi connectivity index (χ2v) is 4.89. The van der Waals surface area contributed by atoms with Crippen molar-refractivity contribution in [1.82, 2.24) is 15.6 Å². The van der Waals surface area contributed by atoms with Crippen LogP contribution in [0.2, 0.25) is 0 Å². The highest BCUT2D eigenvalue weighted by Crippen LogP contribution is 2.18. The van der Waals surface area contributed by atoms with Crippen LogP contribution in [-0.4, -0.2) is 23.5 Å². The van der Waals surface area contributed by atoms with Gasteiger partial charge in [0.1, 0.15) is 0 Å². The second kappa shape index (κ2) is 6.50. The van der Waals surface area contributed by atoms with Crippen LogP contribution in [0.1, 0.15) is 37.1 Å². The van der Waals surface area contributed by atoms with E-state index in [1.165, 1.54) is 0 Å². The van der Waals surface area contributed by atoms with Crippen molar-refractivity contribution in [2.45, 2.75) is 45.2 Å². The first-order chi connectivity index (χ1) is 8.74. The maximum Gasteiger partial charge on any atom is 0.220 e. The van der Waals surface area contributed by atoms with Crippen LogP contribution in [0.5, 0.6) is 0 Å². The highest BCUT2D eigenvalue weighted by molar-refractivity contribution is 5.76. The third-order valence-electron chi connectivity index (χ3n) is 2.95. The average molecular weight is 247 g/mol. The van der Waals surface area contributed by atoms with Crippen molar-refractivity contribution in [2.75, 3.05) is 6.54 Å². The van der Waals surface area contributed by atoms with E-state index in [9.17, 15) is 4.79 Å². The maximum atomic E-state index is 11.4. The van der Waals surface area contributed by atoms with Gasteiger partial charge in [-0.1, -0.05) is 6.07 Å². The van der Waals surface area contributed by atoms with Crippen LogP contribution in [0.4, 0.5) is 0 Å². The Morgan fingerprint density at radius 1 is 1.44 bits per heavy atom. The molecule has 2 N–H and O–H groups in total. The molecule has 98 valence electrons. The predicted molar refractivity (Wildman–Crippen MR) is 71.1 cm³/mol. The van der Waals surface area contributed by atoms with Gasteiger partial charge in [0.2, 0.25) is 5.91 Å². The van der Waals surface area contributed by atoms with E-state index in [0.29, 0.717) is 12.5 Å². The summed E-state index contributed by atoms with van der Waals surface area (Å²) in [5.74, 6) is 0.188. The van der Waals surface area contributed by atoms with E-state index in [0.717, 1.165) is 43.7 Å². The fraction of sp³-hybridized carbons (Fsp3) is 0.571. The summed E-state index contributed by atoms with van der Waals surface area (Å²) >= 11 is 0. The fourth-order valence-corrected chi connectivity index (χ4v) is 1.82. The van der Waals surface area contributed by atoms with Gasteiger partial charge in [-0.2, -0.15) is 0 Å². The number of nitrogens with one attached hydrogen (secondary N) is 2. The normalized spacial score (nSPS) is 14.5. The zero-order chi connectivity index (χ0) is 12.8. The summed E-state index contributed by atoms with van der Waals surface area (Å²) in [5.41, 5.74) is 2.09. The van der Waals surface area contributed by atoms with Gasteiger partial charge in [-0.25, -0.2) is 0 Å². The Balaban J connectivity index is 1.54. The van der Waals surface area contributed by atoms with Crippen molar-refractivity contribution in [3.8, 4) is 0 Å². The van der Waals surface area contributed by atoms with E-state index < -0.39 is 0 Å². The third kappa shape index (κ3) is 4.84. The molecule has 1 aliphatic rings. The molecule has 4 nitrogen and oxygen atoms in total. The van der Waals surface area contributed by atoms with Gasteiger partial charge in [-0.3, -0.25) is 9.78 Å². The molecule has 1 aliphatic carbocycles. The van der Waals surface area contributed by atoms with Crippen LogP contribution < -0.4 is 10.6 Å². The summed E-state index contributed by atoms with van der Waals surface area (Å²) in [4.78, 5) is 15.8. The highest BCUT2D eigenvalue weighted by atomic mass is 16.1. The number of hydrogen-bond donors (Lipinski definition) is 2. The molecule has 1 heterocycles. The van der Waals surface area contributed by atoms with E-state index in [2.05, 4.69) is 15.6 Å². The molecule has 0 atom stereocenters. The lowest BCUT2D eigenvalue weighted by atomic mass is 10.2. The molecule has 0 aliphatic heterocycles. The largest absolute Gasteiger partial charge is 0.353 e. The molecule has 0 unspecified atom stereocenters. The SMILES string of the molecule is Cc1cccc(CNCCCC(=O)NC2CC2)n1. The van der Waals surface area contributed by atoms with E-state index in [4.69, 9.17) is 0 Å². The third-order valence-corrected chi connectivity index (χ3v) is 2.95. The van der Waals surface area contributed by atoms with Gasteiger partial charge in [-0.05, 0) is 44.9 Å². The smallest absolute Gasteiger partial charge is 0.220 e. The first-order valence-corrected chi connectivity index (χ1v) is 6.66. The van der Waals surface area contributed by atoms with Crippen molar-refractivity contribution >= 4 is 5.91 Å². The molecule has 4 heteroatoms. The number of carbonyl (C=O) groups is 1. The molecule has 0 saturated heterocycles. The number of amides is 1. The number of aromatic nitrogens is 1. The number of nitrogens with zero attached hydrogens (tertiary/aromatic N) is 1. The Morgan fingerprint density at radius 2 is 2.28 bits per heavy atom. The molecule has 0 aromatic carbocycles. The lowest BCUT2D eigenvalue weighted by molar-refractivity contribution is -0.121. The molecule has 1 aromatic heterocycles. The Labute approximate surface area is 108 Å². The quantitative estimate of drug-likeness (QED) is 0.719. The molecule has 0 radical (unpaired) electrons. The van der Waals surface area contributed by atoms with E-state index >= 15 is 0 Å². The number of aryl methyl sites for hydroxylation is 1. The molecule has 1 aromatic rings. The van der Waals surface area contributed by atoms with Crippen molar-refractivity contribution in [3.05, 3.63) is 29.6 Å². The molecule has 1 fully saturated rings. The van der Waals surface area contributed by atoms with Gasteiger partial charge in [0.05, 0.1) is 5.69 Å². The number of pyridine rings is 1. The van der Waals surface area contributed by atoms with Crippen LogP contribution in [-0.2, 0) is 11.3 Å². The summed E-state index contributed by atoms with van der Waals surface area (Å²) in [6.45, 7) is 3.62. The first kappa shape index (κ1) is 13.0. The number of hydrogen-bond acceptors (Lipinski definition) is 3. The van der Waals surface area contributed by atoms with Gasteiger partial charge >= 0.3 is 0 Å². The molecule has 0 spiro atoms. The summed E-state index contributed by atoms with van der Waals surface area (Å²) in [7, 11) is 0. The van der Waals surface area contributed by atoms with Crippen molar-refractivity contribution in [1.29, 1.82) is 0 Å². The molecule has 0 bridgehead atoms. The molecule has 2 rings (SSSR count). The van der Waals surface area contributed by atoms with Crippen LogP contribution in [0, 0.1) is 6.92 Å². The van der Waals surface area contributed by atoms with Gasteiger partial charge in [-0.15, -0.1) is 0 Å². The van der Waals surface area contributed by atoms with Gasteiger partial charge < -0.3 is 10.6 Å². The van der Waals surface area contributed by atoms with Gasteiger partial charge in [0.25, 0.3) is 0 Å². The Hall–Kier alpha value is -1.42. The zero-order valence-electron chi connectivity index (χ0n) is 10.9. The monoisotopic (exact) mass is 247 g/mol. The maximum absolute atomic E-state index is 11.4. The topological polar surface area (TPSA) is 54.0 Å². The van der Waals surface area contributed by atoms with E-state index in [-0.39, 0.29) is 5.91 Å². The summed E-state index contributed by atoms with van der Waals surface area (Å²) in [6.07, 6.45) is 3.81. The van der Waals surface area contributed by atoms with Gasteiger partial charge in [0, 0.05) is 24.7 Å². The predicted octanol–water partition coefficient (Wildman–Crippen LogP) is 1.54. The van der Waals surface area contributed by atoms with Crippen molar-refractivity contribution < 1.29 is 4.79 Å². The van der Waals surface area contributed by atoms with Crippen LogP contribution in [0.25, 0.3) is 0 Å². The number of rotatable bonds is 7. The summed E-state index contributed by atoms with van der Waals surface area (Å²) < 4.78 is 0. The molecular formula is C14H21N3O. The minimum Gasteiger partial charge on any atom is -0.353 e. The summed E-state index contributed by atoms with van der Waals surface area (Å²) in [6, 6.07) is 6.50. The van der Waals surface area contributed by atoms with Crippen molar-refractivity contribution in [2.24, 2.45) is 0 Å². The second-order valence-electron chi connectivity index (χ2n) is 4.89. The lowest BCUT2D eigenvalue weighted by Crippen LogP contribution is -2.26. The zero-order valence-corrected chi connectivity index (χ0v) is 10.9. The Morgan fingerprint density at radius 3 is 3.00 bits per heavy atom. The molecule has 18 heavy (non-hydrogen) atoms. The van der Waals surface area contributed by atoms with Crippen molar-refractivity contribution in [3.63, 3.8) is 0 Å². The van der Waals surface area contributed by atoms with Crippen LogP contribution in [0.3, 0.4) is 0 Å². The number of carbonyl (C=O) groups excluding carboxylic acids is 1. The summed E-state index contributed by atoms with van der Waals surface area (Å²) in [5, 5.41) is 6.30. The van der Waals surface area contributed by atoms with E-state index in [1.54, 1.807) is 0 Å². The van der Waals surface area contributed by atoms with Crippen LogP contribution >= 0.6 is 0 Å². The molecule has 1 amide bonds. The van der Waals surface area contributed by atoms with Gasteiger partial charge in [0.15, 0.2) is 0 Å². The molecule has 1 saturated carbocycles. The highest BCUT2D eigenvalue weighted by Gasteiger charge is 2.22. The Kier molecular flexibility index (Phi) is 4.70. The minimum absolute atomic E-state index is 0.188. The lowest BCUT2D eigenvalue weighted by Gasteiger charge is -2.05. The molecular weight excluding hydrogens is 226 g/mol. The minimum atomic E-state index is 0.188.